The van der Waals surface area contributed by atoms with Crippen molar-refractivity contribution in [3.8, 4) is 0 Å². The van der Waals surface area contributed by atoms with E-state index in [4.69, 9.17) is 9.84 Å². The second kappa shape index (κ2) is 6.32. The summed E-state index contributed by atoms with van der Waals surface area (Å²) >= 11 is 0. The zero-order valence-electron chi connectivity index (χ0n) is 10.7. The molecule has 1 atom stereocenters. The van der Waals surface area contributed by atoms with Crippen LogP contribution in [-0.2, 0) is 19.6 Å². The van der Waals surface area contributed by atoms with Crippen LogP contribution in [0, 0.1) is 0 Å². The van der Waals surface area contributed by atoms with Crippen LogP contribution in [0.15, 0.2) is 0 Å². The standard InChI is InChI=1S/C10H21NO5S/c1-8(7-16-4)17(14,15)11-10(2,3)6-5-9(12)13/h8,11H,5-7H2,1-4H3,(H,12,13). The number of hydrogen-bond donors (Lipinski definition) is 2. The second-order valence-electron chi connectivity index (χ2n) is 4.69. The fourth-order valence-electron chi connectivity index (χ4n) is 1.28. The largest absolute Gasteiger partial charge is 0.481 e. The molecule has 0 aliphatic heterocycles. The minimum Gasteiger partial charge on any atom is -0.481 e. The van der Waals surface area contributed by atoms with Crippen molar-refractivity contribution in [2.45, 2.75) is 44.4 Å². The maximum absolute atomic E-state index is 11.8. The Labute approximate surface area is 102 Å². The van der Waals surface area contributed by atoms with Gasteiger partial charge in [-0.25, -0.2) is 13.1 Å². The van der Waals surface area contributed by atoms with Crippen molar-refractivity contribution in [3.05, 3.63) is 0 Å². The van der Waals surface area contributed by atoms with E-state index >= 15 is 0 Å². The molecule has 102 valence electrons. The zero-order valence-corrected chi connectivity index (χ0v) is 11.5. The van der Waals surface area contributed by atoms with Crippen LogP contribution in [0.2, 0.25) is 0 Å². The van der Waals surface area contributed by atoms with E-state index in [-0.39, 0.29) is 19.4 Å². The number of hydrogen-bond acceptors (Lipinski definition) is 4. The first-order valence-corrected chi connectivity index (χ1v) is 6.89. The van der Waals surface area contributed by atoms with Gasteiger partial charge in [-0.05, 0) is 27.2 Å². The van der Waals surface area contributed by atoms with E-state index in [0.717, 1.165) is 0 Å². The SMILES string of the molecule is COCC(C)S(=O)(=O)NC(C)(C)CCC(=O)O. The number of ether oxygens (including phenoxy) is 1. The predicted molar refractivity (Wildman–Crippen MR) is 64.3 cm³/mol. The Morgan fingerprint density at radius 2 is 2.00 bits per heavy atom. The predicted octanol–water partition coefficient (Wildman–Crippen LogP) is 0.584. The highest BCUT2D eigenvalue weighted by molar-refractivity contribution is 7.90. The summed E-state index contributed by atoms with van der Waals surface area (Å²) in [5, 5.41) is 7.90. The molecule has 0 fully saturated rings. The monoisotopic (exact) mass is 267 g/mol. The van der Waals surface area contributed by atoms with Gasteiger partial charge in [0.2, 0.25) is 10.0 Å². The van der Waals surface area contributed by atoms with E-state index in [2.05, 4.69) is 4.72 Å². The van der Waals surface area contributed by atoms with Crippen molar-refractivity contribution in [1.29, 1.82) is 0 Å². The van der Waals surface area contributed by atoms with Gasteiger partial charge in [-0.1, -0.05) is 0 Å². The Bertz CT molecular complexity index is 350. The molecule has 2 N–H and O–H groups in total. The van der Waals surface area contributed by atoms with Crippen molar-refractivity contribution in [3.63, 3.8) is 0 Å². The third-order valence-corrected chi connectivity index (χ3v) is 4.35. The summed E-state index contributed by atoms with van der Waals surface area (Å²) < 4.78 is 31.0. The molecule has 0 aromatic carbocycles. The van der Waals surface area contributed by atoms with Gasteiger partial charge in [-0.2, -0.15) is 0 Å². The Morgan fingerprint density at radius 3 is 2.41 bits per heavy atom. The summed E-state index contributed by atoms with van der Waals surface area (Å²) in [5.74, 6) is -0.942. The van der Waals surface area contributed by atoms with Crippen LogP contribution in [0.1, 0.15) is 33.6 Å². The third-order valence-electron chi connectivity index (χ3n) is 2.31. The lowest BCUT2D eigenvalue weighted by Gasteiger charge is -2.27. The first kappa shape index (κ1) is 16.3. The lowest BCUT2D eigenvalue weighted by atomic mass is 10.0. The van der Waals surface area contributed by atoms with E-state index in [1.165, 1.54) is 7.11 Å². The van der Waals surface area contributed by atoms with Crippen LogP contribution in [0.25, 0.3) is 0 Å². The molecule has 0 amide bonds. The lowest BCUT2D eigenvalue weighted by molar-refractivity contribution is -0.137. The van der Waals surface area contributed by atoms with Crippen LogP contribution in [0.4, 0.5) is 0 Å². The van der Waals surface area contributed by atoms with Crippen LogP contribution < -0.4 is 4.72 Å². The summed E-state index contributed by atoms with van der Waals surface area (Å²) in [4.78, 5) is 10.5. The molecule has 0 saturated carbocycles. The fourth-order valence-corrected chi connectivity index (χ4v) is 2.67. The minimum absolute atomic E-state index is 0.0752. The van der Waals surface area contributed by atoms with Gasteiger partial charge in [0, 0.05) is 19.1 Å². The molecule has 0 spiro atoms. The van der Waals surface area contributed by atoms with E-state index in [1.54, 1.807) is 20.8 Å². The topological polar surface area (TPSA) is 92.7 Å². The molecule has 0 aromatic rings. The van der Waals surface area contributed by atoms with Crippen molar-refractivity contribution in [2.75, 3.05) is 13.7 Å². The number of carbonyl (C=O) groups is 1. The molecule has 0 aromatic heterocycles. The molecular formula is C10H21NO5S. The number of methoxy groups -OCH3 is 1. The van der Waals surface area contributed by atoms with Gasteiger partial charge >= 0.3 is 5.97 Å². The highest BCUT2D eigenvalue weighted by atomic mass is 32.2. The Hall–Kier alpha value is -0.660. The first-order chi connectivity index (χ1) is 7.60. The van der Waals surface area contributed by atoms with Crippen LogP contribution in [0.5, 0.6) is 0 Å². The highest BCUT2D eigenvalue weighted by Crippen LogP contribution is 2.14. The molecule has 0 aliphatic carbocycles. The normalized spacial score (nSPS) is 14.6. The number of sulfonamides is 1. The summed E-state index contributed by atoms with van der Waals surface area (Å²) in [7, 11) is -2.06. The first-order valence-electron chi connectivity index (χ1n) is 5.34. The average molecular weight is 267 g/mol. The van der Waals surface area contributed by atoms with Gasteiger partial charge in [0.05, 0.1) is 11.9 Å². The third kappa shape index (κ3) is 6.60. The van der Waals surface area contributed by atoms with Crippen LogP contribution in [-0.4, -0.2) is 44.0 Å². The molecule has 0 rings (SSSR count). The molecule has 0 heterocycles. The van der Waals surface area contributed by atoms with Crippen LogP contribution >= 0.6 is 0 Å². The number of carboxylic acids is 1. The van der Waals surface area contributed by atoms with Crippen molar-refractivity contribution >= 4 is 16.0 Å². The molecule has 1 unspecified atom stereocenters. The highest BCUT2D eigenvalue weighted by Gasteiger charge is 2.29. The quantitative estimate of drug-likeness (QED) is 0.671. The number of nitrogens with one attached hydrogen (secondary N) is 1. The lowest BCUT2D eigenvalue weighted by Crippen LogP contribution is -2.47. The van der Waals surface area contributed by atoms with Gasteiger partial charge < -0.3 is 9.84 Å². The maximum Gasteiger partial charge on any atom is 0.303 e. The smallest absolute Gasteiger partial charge is 0.303 e. The summed E-state index contributed by atoms with van der Waals surface area (Å²) in [6.07, 6.45) is 0.162. The molecular weight excluding hydrogens is 246 g/mol. The molecule has 0 radical (unpaired) electrons. The van der Waals surface area contributed by atoms with Gasteiger partial charge in [0.25, 0.3) is 0 Å². The van der Waals surface area contributed by atoms with E-state index in [9.17, 15) is 13.2 Å². The summed E-state index contributed by atoms with van der Waals surface area (Å²) in [6.45, 7) is 4.96. The molecule has 0 saturated heterocycles. The zero-order chi connectivity index (χ0) is 13.7. The van der Waals surface area contributed by atoms with Gasteiger partial charge in [-0.3, -0.25) is 4.79 Å². The second-order valence-corrected chi connectivity index (χ2v) is 6.79. The molecule has 6 nitrogen and oxygen atoms in total. The van der Waals surface area contributed by atoms with E-state index < -0.39 is 26.8 Å². The summed E-state index contributed by atoms with van der Waals surface area (Å²) in [6, 6.07) is 0. The van der Waals surface area contributed by atoms with Crippen molar-refractivity contribution < 1.29 is 23.1 Å². The van der Waals surface area contributed by atoms with Crippen molar-refractivity contribution in [2.24, 2.45) is 0 Å². The average Bonchev–Trinajstić information content (AvgIpc) is 2.14. The van der Waals surface area contributed by atoms with Crippen LogP contribution in [0.3, 0.4) is 0 Å². The van der Waals surface area contributed by atoms with Gasteiger partial charge in [0.15, 0.2) is 0 Å². The Morgan fingerprint density at radius 1 is 1.47 bits per heavy atom. The molecule has 0 aliphatic rings. The molecule has 0 bridgehead atoms. The Kier molecular flexibility index (Phi) is 6.08. The van der Waals surface area contributed by atoms with Crippen molar-refractivity contribution in [1.82, 2.24) is 4.72 Å². The van der Waals surface area contributed by atoms with Gasteiger partial charge in [0.1, 0.15) is 0 Å². The Balaban J connectivity index is 4.53. The maximum atomic E-state index is 11.8. The number of rotatable bonds is 8. The fraction of sp³-hybridized carbons (Fsp3) is 0.900. The summed E-state index contributed by atoms with van der Waals surface area (Å²) in [5.41, 5.74) is -0.779. The molecule has 7 heteroatoms. The number of aliphatic carboxylic acids is 1. The molecule has 17 heavy (non-hydrogen) atoms. The van der Waals surface area contributed by atoms with E-state index in [1.807, 2.05) is 0 Å². The van der Waals surface area contributed by atoms with E-state index in [0.29, 0.717) is 0 Å². The van der Waals surface area contributed by atoms with Gasteiger partial charge in [-0.15, -0.1) is 0 Å². The number of carboxylic acid groups (broad SMARTS) is 1. The minimum atomic E-state index is -3.50.